The molecule has 112 valence electrons. The third-order valence-corrected chi connectivity index (χ3v) is 5.62. The van der Waals surface area contributed by atoms with Gasteiger partial charge in [-0.15, -0.1) is 0 Å². The van der Waals surface area contributed by atoms with Gasteiger partial charge in [0.15, 0.2) is 0 Å². The topological polar surface area (TPSA) is 70.5 Å². The average Bonchev–Trinajstić information content (AvgIpc) is 2.53. The smallest absolute Gasteiger partial charge is 0.354 e. The molecule has 1 aromatic rings. The molecule has 1 aliphatic heterocycles. The van der Waals surface area contributed by atoms with Crippen molar-refractivity contribution in [2.45, 2.75) is 37.0 Å². The summed E-state index contributed by atoms with van der Waals surface area (Å²) in [5.41, 5.74) is 0.451. The second kappa shape index (κ2) is 6.05. The van der Waals surface area contributed by atoms with E-state index in [0.717, 1.165) is 18.7 Å². The van der Waals surface area contributed by atoms with E-state index in [-0.39, 0.29) is 11.6 Å². The molecule has 2 aliphatic rings. The maximum Gasteiger partial charge on any atom is 0.354 e. The zero-order valence-electron chi connectivity index (χ0n) is 11.7. The summed E-state index contributed by atoms with van der Waals surface area (Å²) in [4.78, 5) is 29.3. The highest BCUT2D eigenvalue weighted by Crippen LogP contribution is 2.36. The minimum absolute atomic E-state index is 0.0170. The van der Waals surface area contributed by atoms with E-state index >= 15 is 0 Å². The lowest BCUT2D eigenvalue weighted by atomic mass is 9.93. The fourth-order valence-corrected chi connectivity index (χ4v) is 4.60. The number of fused-ring (bicyclic) bond motifs is 1. The predicted octanol–water partition coefficient (Wildman–Crippen LogP) is 2.28. The summed E-state index contributed by atoms with van der Waals surface area (Å²) in [5.74, 6) is -0.111. The highest BCUT2D eigenvalue weighted by molar-refractivity contribution is 8.00. The van der Waals surface area contributed by atoms with Crippen molar-refractivity contribution in [1.82, 2.24) is 9.88 Å². The molecule has 0 radical (unpaired) electrons. The molecular weight excluding hydrogens is 288 g/mol. The lowest BCUT2D eigenvalue weighted by Crippen LogP contribution is -2.51. The van der Waals surface area contributed by atoms with Crippen LogP contribution >= 0.6 is 11.8 Å². The maximum absolute atomic E-state index is 12.7. The zero-order chi connectivity index (χ0) is 14.8. The second-order valence-corrected chi connectivity index (χ2v) is 6.84. The number of rotatable bonds is 2. The number of carboxylic acids is 1. The molecule has 1 aliphatic carbocycles. The Bertz CT molecular complexity index is 544. The fraction of sp³-hybridized carbons (Fsp3) is 0.533. The van der Waals surface area contributed by atoms with E-state index in [9.17, 15) is 9.59 Å². The first-order valence-electron chi connectivity index (χ1n) is 7.29. The minimum Gasteiger partial charge on any atom is -0.477 e. The summed E-state index contributed by atoms with van der Waals surface area (Å²) >= 11 is 1.98. The number of carbonyl (C=O) groups is 2. The molecule has 0 spiro atoms. The van der Waals surface area contributed by atoms with Crippen LogP contribution in [0.4, 0.5) is 0 Å². The van der Waals surface area contributed by atoms with Crippen molar-refractivity contribution >= 4 is 23.6 Å². The molecule has 2 heterocycles. The van der Waals surface area contributed by atoms with Gasteiger partial charge in [0.2, 0.25) is 0 Å². The Morgan fingerprint density at radius 2 is 2.10 bits per heavy atom. The first-order valence-corrected chi connectivity index (χ1v) is 8.33. The zero-order valence-corrected chi connectivity index (χ0v) is 12.5. The molecule has 2 fully saturated rings. The number of hydrogen-bond donors (Lipinski definition) is 1. The van der Waals surface area contributed by atoms with Crippen LogP contribution in [-0.2, 0) is 0 Å². The van der Waals surface area contributed by atoms with Gasteiger partial charge in [-0.05, 0) is 25.0 Å². The number of nitrogens with zero attached hydrogens (tertiary/aromatic N) is 2. The van der Waals surface area contributed by atoms with Crippen molar-refractivity contribution in [2.24, 2.45) is 0 Å². The van der Waals surface area contributed by atoms with Gasteiger partial charge in [-0.25, -0.2) is 9.78 Å². The van der Waals surface area contributed by atoms with Crippen molar-refractivity contribution in [3.05, 3.63) is 29.6 Å². The van der Waals surface area contributed by atoms with Gasteiger partial charge >= 0.3 is 5.97 Å². The van der Waals surface area contributed by atoms with Crippen molar-refractivity contribution in [2.75, 3.05) is 12.3 Å². The largest absolute Gasteiger partial charge is 0.477 e. The molecule has 21 heavy (non-hydrogen) atoms. The summed E-state index contributed by atoms with van der Waals surface area (Å²) in [5, 5.41) is 9.41. The number of thioether (sulfide) groups is 1. The lowest BCUT2D eigenvalue weighted by Gasteiger charge is -2.43. The van der Waals surface area contributed by atoms with E-state index in [0.29, 0.717) is 16.9 Å². The van der Waals surface area contributed by atoms with Gasteiger partial charge in [0.25, 0.3) is 5.91 Å². The van der Waals surface area contributed by atoms with Crippen molar-refractivity contribution in [1.29, 1.82) is 0 Å². The highest BCUT2D eigenvalue weighted by Gasteiger charge is 2.36. The lowest BCUT2D eigenvalue weighted by molar-refractivity contribution is 0.0641. The van der Waals surface area contributed by atoms with Gasteiger partial charge in [-0.2, -0.15) is 11.8 Å². The second-order valence-electron chi connectivity index (χ2n) is 5.50. The summed E-state index contributed by atoms with van der Waals surface area (Å²) in [6.07, 6.45) is 6.08. The summed E-state index contributed by atoms with van der Waals surface area (Å²) in [6, 6.07) is 3.29. The van der Waals surface area contributed by atoms with Crippen molar-refractivity contribution < 1.29 is 14.7 Å². The molecule has 1 amide bonds. The molecule has 5 nitrogen and oxygen atoms in total. The Labute approximate surface area is 127 Å². The third-order valence-electron chi connectivity index (χ3n) is 4.22. The molecule has 6 heteroatoms. The van der Waals surface area contributed by atoms with E-state index in [1.807, 2.05) is 16.7 Å². The van der Waals surface area contributed by atoms with Crippen LogP contribution < -0.4 is 0 Å². The van der Waals surface area contributed by atoms with Crippen LogP contribution in [0.3, 0.4) is 0 Å². The number of aromatic nitrogens is 1. The van der Waals surface area contributed by atoms with Crippen LogP contribution in [0.15, 0.2) is 18.3 Å². The van der Waals surface area contributed by atoms with Gasteiger partial charge < -0.3 is 10.0 Å². The SMILES string of the molecule is O=C(O)c1ccc(C(=O)N2CCSC3CCCCC32)cn1. The van der Waals surface area contributed by atoms with Crippen LogP contribution in [0.25, 0.3) is 0 Å². The molecule has 3 rings (SSSR count). The minimum atomic E-state index is -1.07. The van der Waals surface area contributed by atoms with Crippen LogP contribution in [-0.4, -0.2) is 50.5 Å². The van der Waals surface area contributed by atoms with Crippen LogP contribution in [0.1, 0.15) is 46.5 Å². The Morgan fingerprint density at radius 1 is 1.29 bits per heavy atom. The van der Waals surface area contributed by atoms with Crippen molar-refractivity contribution in [3.8, 4) is 0 Å². The molecular formula is C15H18N2O3S. The molecule has 1 saturated heterocycles. The first-order chi connectivity index (χ1) is 10.2. The van der Waals surface area contributed by atoms with Gasteiger partial charge in [0, 0.05) is 29.8 Å². The first kappa shape index (κ1) is 14.4. The summed E-state index contributed by atoms with van der Waals surface area (Å²) in [6.45, 7) is 0.769. The molecule has 2 atom stereocenters. The van der Waals surface area contributed by atoms with E-state index < -0.39 is 5.97 Å². The number of pyridine rings is 1. The molecule has 1 N–H and O–H groups in total. The van der Waals surface area contributed by atoms with Gasteiger partial charge in [-0.1, -0.05) is 12.8 Å². The van der Waals surface area contributed by atoms with Crippen LogP contribution in [0.5, 0.6) is 0 Å². The summed E-state index contributed by atoms with van der Waals surface area (Å²) < 4.78 is 0. The Kier molecular flexibility index (Phi) is 4.14. The molecule has 0 aromatic carbocycles. The number of amides is 1. The maximum atomic E-state index is 12.7. The number of carbonyl (C=O) groups excluding carboxylic acids is 1. The third kappa shape index (κ3) is 2.90. The standard InChI is InChI=1S/C15H18N2O3S/c18-14(10-5-6-11(15(19)20)16-9-10)17-7-8-21-13-4-2-1-3-12(13)17/h5-6,9,12-13H,1-4,7-8H2,(H,19,20). The number of aromatic carboxylic acids is 1. The van der Waals surface area contributed by atoms with Crippen LogP contribution in [0, 0.1) is 0 Å². The van der Waals surface area contributed by atoms with Gasteiger partial charge in [0.05, 0.1) is 5.56 Å². The molecule has 0 bridgehead atoms. The van der Waals surface area contributed by atoms with E-state index in [1.54, 1.807) is 6.07 Å². The van der Waals surface area contributed by atoms with Crippen molar-refractivity contribution in [3.63, 3.8) is 0 Å². The van der Waals surface area contributed by atoms with Gasteiger partial charge in [-0.3, -0.25) is 4.79 Å². The van der Waals surface area contributed by atoms with Crippen LogP contribution in [0.2, 0.25) is 0 Å². The predicted molar refractivity (Wildman–Crippen MR) is 80.7 cm³/mol. The Balaban J connectivity index is 1.78. The Morgan fingerprint density at radius 3 is 2.81 bits per heavy atom. The molecule has 1 aromatic heterocycles. The molecule has 2 unspecified atom stereocenters. The van der Waals surface area contributed by atoms with E-state index in [4.69, 9.17) is 5.11 Å². The highest BCUT2D eigenvalue weighted by atomic mass is 32.2. The monoisotopic (exact) mass is 306 g/mol. The normalized spacial score (nSPS) is 25.2. The number of hydrogen-bond acceptors (Lipinski definition) is 4. The van der Waals surface area contributed by atoms with E-state index in [1.165, 1.54) is 31.5 Å². The molecule has 1 saturated carbocycles. The quantitative estimate of drug-likeness (QED) is 0.907. The fourth-order valence-electron chi connectivity index (χ4n) is 3.16. The Hall–Kier alpha value is -1.56. The number of carboxylic acid groups (broad SMARTS) is 1. The average molecular weight is 306 g/mol. The summed E-state index contributed by atoms with van der Waals surface area (Å²) in [7, 11) is 0. The van der Waals surface area contributed by atoms with Gasteiger partial charge in [0.1, 0.15) is 5.69 Å². The van der Waals surface area contributed by atoms with E-state index in [2.05, 4.69) is 4.98 Å².